The summed E-state index contributed by atoms with van der Waals surface area (Å²) in [6.45, 7) is 0. The predicted octanol–water partition coefficient (Wildman–Crippen LogP) is 3.35. The van der Waals surface area contributed by atoms with Gasteiger partial charge in [-0.3, -0.25) is 9.38 Å². The molecule has 0 amide bonds. The third-order valence-corrected chi connectivity index (χ3v) is 3.36. The van der Waals surface area contributed by atoms with Crippen molar-refractivity contribution in [3.05, 3.63) is 46.0 Å². The number of rotatable bonds is 1. The lowest BCUT2D eigenvalue weighted by molar-refractivity contribution is 0.621. The smallest absolute Gasteiger partial charge is 0.180 e. The van der Waals surface area contributed by atoms with Gasteiger partial charge in [-0.05, 0) is 34.1 Å². The van der Waals surface area contributed by atoms with Crippen molar-refractivity contribution in [2.45, 2.75) is 0 Å². The summed E-state index contributed by atoms with van der Waals surface area (Å²) < 4.78 is 15.5. The fraction of sp³-hybridized carbons (Fsp3) is 0. The number of aromatic nitrogens is 4. The lowest BCUT2D eigenvalue weighted by Gasteiger charge is -2.02. The molecule has 2 aromatic heterocycles. The number of hydrogen-bond donors (Lipinski definition) is 0. The zero-order valence-electron chi connectivity index (χ0n) is 8.81. The Morgan fingerprint density at radius 1 is 1.22 bits per heavy atom. The molecule has 4 nitrogen and oxygen atoms in total. The van der Waals surface area contributed by atoms with Crippen molar-refractivity contribution >= 4 is 33.2 Å². The Morgan fingerprint density at radius 3 is 2.83 bits per heavy atom. The standard InChI is InChI=1S/C11H5BrClFN4/c12-7-2-1-6(3-8(7)14)11-17-16-10-5-15-4-9(13)18(10)11/h1-5H. The number of halogens is 3. The highest BCUT2D eigenvalue weighted by atomic mass is 79.9. The topological polar surface area (TPSA) is 43.1 Å². The minimum atomic E-state index is -0.366. The minimum absolute atomic E-state index is 0.366. The maximum Gasteiger partial charge on any atom is 0.180 e. The molecule has 0 bridgehead atoms. The molecule has 7 heteroatoms. The van der Waals surface area contributed by atoms with E-state index in [9.17, 15) is 4.39 Å². The molecule has 0 fully saturated rings. The van der Waals surface area contributed by atoms with Crippen molar-refractivity contribution in [3.63, 3.8) is 0 Å². The fourth-order valence-electron chi connectivity index (χ4n) is 1.64. The monoisotopic (exact) mass is 326 g/mol. The van der Waals surface area contributed by atoms with Gasteiger partial charge >= 0.3 is 0 Å². The molecule has 0 saturated heterocycles. The van der Waals surface area contributed by atoms with E-state index in [2.05, 4.69) is 31.1 Å². The molecule has 1 aromatic carbocycles. The van der Waals surface area contributed by atoms with Gasteiger partial charge in [-0.25, -0.2) is 4.39 Å². The van der Waals surface area contributed by atoms with E-state index in [-0.39, 0.29) is 5.82 Å². The molecule has 3 aromatic rings. The van der Waals surface area contributed by atoms with Crippen molar-refractivity contribution in [2.75, 3.05) is 0 Å². The van der Waals surface area contributed by atoms with E-state index in [4.69, 9.17) is 11.6 Å². The molecule has 0 aliphatic carbocycles. The SMILES string of the molecule is Fc1cc(-c2nnc3cncc(Cl)n23)ccc1Br. The van der Waals surface area contributed by atoms with Crippen molar-refractivity contribution in [1.82, 2.24) is 19.6 Å². The van der Waals surface area contributed by atoms with Gasteiger partial charge in [-0.15, -0.1) is 10.2 Å². The normalized spacial score (nSPS) is 11.1. The molecule has 18 heavy (non-hydrogen) atoms. The first-order valence-corrected chi connectivity index (χ1v) is 6.14. The summed E-state index contributed by atoms with van der Waals surface area (Å²) in [4.78, 5) is 3.91. The van der Waals surface area contributed by atoms with Gasteiger partial charge in [-0.2, -0.15) is 0 Å². The molecular formula is C11H5BrClFN4. The number of nitrogens with zero attached hydrogens (tertiary/aromatic N) is 4. The van der Waals surface area contributed by atoms with Gasteiger partial charge in [-0.1, -0.05) is 11.6 Å². The zero-order valence-corrected chi connectivity index (χ0v) is 11.2. The summed E-state index contributed by atoms with van der Waals surface area (Å²) >= 11 is 9.14. The molecule has 0 atom stereocenters. The molecule has 0 N–H and O–H groups in total. The molecular weight excluding hydrogens is 323 g/mol. The highest BCUT2D eigenvalue weighted by molar-refractivity contribution is 9.10. The Balaban J connectivity index is 2.28. The molecule has 90 valence electrons. The van der Waals surface area contributed by atoms with Gasteiger partial charge in [0.2, 0.25) is 0 Å². The molecule has 0 aliphatic rings. The lowest BCUT2D eigenvalue weighted by atomic mass is 10.2. The van der Waals surface area contributed by atoms with Crippen molar-refractivity contribution in [1.29, 1.82) is 0 Å². The van der Waals surface area contributed by atoms with Crippen LogP contribution in [0.15, 0.2) is 35.1 Å². The molecule has 0 saturated carbocycles. The van der Waals surface area contributed by atoms with Gasteiger partial charge in [0.25, 0.3) is 0 Å². The van der Waals surface area contributed by atoms with Crippen molar-refractivity contribution in [2.24, 2.45) is 0 Å². The van der Waals surface area contributed by atoms with Crippen molar-refractivity contribution in [3.8, 4) is 11.4 Å². The van der Waals surface area contributed by atoms with Crippen LogP contribution < -0.4 is 0 Å². The summed E-state index contributed by atoms with van der Waals surface area (Å²) in [5.74, 6) is 0.109. The second-order valence-electron chi connectivity index (χ2n) is 3.58. The summed E-state index contributed by atoms with van der Waals surface area (Å²) in [6, 6.07) is 4.72. The van der Waals surface area contributed by atoms with Crippen LogP contribution in [0.1, 0.15) is 0 Å². The second-order valence-corrected chi connectivity index (χ2v) is 4.82. The van der Waals surface area contributed by atoms with Crippen molar-refractivity contribution < 1.29 is 4.39 Å². The Hall–Kier alpha value is -1.53. The second kappa shape index (κ2) is 4.29. The van der Waals surface area contributed by atoms with Crippen LogP contribution in [-0.2, 0) is 0 Å². The zero-order chi connectivity index (χ0) is 12.7. The summed E-state index contributed by atoms with van der Waals surface area (Å²) in [5, 5.41) is 8.31. The largest absolute Gasteiger partial charge is 0.262 e. The van der Waals surface area contributed by atoms with E-state index < -0.39 is 0 Å². The molecule has 2 heterocycles. The summed E-state index contributed by atoms with van der Waals surface area (Å²) in [6.07, 6.45) is 3.02. The van der Waals surface area contributed by atoms with Gasteiger partial charge in [0.1, 0.15) is 11.0 Å². The van der Waals surface area contributed by atoms with Crippen LogP contribution in [-0.4, -0.2) is 19.6 Å². The van der Waals surface area contributed by atoms with Crippen LogP contribution in [0.3, 0.4) is 0 Å². The molecule has 0 unspecified atom stereocenters. The maximum absolute atomic E-state index is 13.5. The Labute approximate surface area is 115 Å². The third kappa shape index (κ3) is 1.77. The Kier molecular flexibility index (Phi) is 2.76. The van der Waals surface area contributed by atoms with Gasteiger partial charge in [0, 0.05) is 5.56 Å². The Morgan fingerprint density at radius 2 is 2.06 bits per heavy atom. The van der Waals surface area contributed by atoms with Crippen LogP contribution in [0, 0.1) is 5.82 Å². The first-order valence-electron chi connectivity index (χ1n) is 4.97. The fourth-order valence-corrected chi connectivity index (χ4v) is 2.11. The molecule has 3 rings (SSSR count). The quantitative estimate of drug-likeness (QED) is 0.688. The van der Waals surface area contributed by atoms with Crippen LogP contribution in [0.25, 0.3) is 17.0 Å². The van der Waals surface area contributed by atoms with Gasteiger partial charge in [0.05, 0.1) is 16.9 Å². The van der Waals surface area contributed by atoms with Gasteiger partial charge in [0.15, 0.2) is 11.5 Å². The minimum Gasteiger partial charge on any atom is -0.262 e. The van der Waals surface area contributed by atoms with Crippen LogP contribution >= 0.6 is 27.5 Å². The number of benzene rings is 1. The number of hydrogen-bond acceptors (Lipinski definition) is 3. The Bertz CT molecular complexity index is 743. The average Bonchev–Trinajstić information content (AvgIpc) is 2.78. The molecule has 0 spiro atoms. The maximum atomic E-state index is 13.5. The number of fused-ring (bicyclic) bond motifs is 1. The summed E-state index contributed by atoms with van der Waals surface area (Å²) in [5.41, 5.74) is 1.11. The predicted molar refractivity (Wildman–Crippen MR) is 68.9 cm³/mol. The van der Waals surface area contributed by atoms with E-state index in [1.165, 1.54) is 18.5 Å². The molecule has 0 aliphatic heterocycles. The first-order chi connectivity index (χ1) is 8.66. The van der Waals surface area contributed by atoms with Crippen LogP contribution in [0.5, 0.6) is 0 Å². The first kappa shape index (κ1) is 11.6. The van der Waals surface area contributed by atoms with E-state index in [1.54, 1.807) is 16.5 Å². The van der Waals surface area contributed by atoms with Gasteiger partial charge < -0.3 is 0 Å². The lowest BCUT2D eigenvalue weighted by Crippen LogP contribution is -1.93. The van der Waals surface area contributed by atoms with Crippen LogP contribution in [0.4, 0.5) is 4.39 Å². The van der Waals surface area contributed by atoms with E-state index in [0.717, 1.165) is 0 Å². The molecule has 0 radical (unpaired) electrons. The average molecular weight is 328 g/mol. The van der Waals surface area contributed by atoms with E-state index in [0.29, 0.717) is 26.7 Å². The third-order valence-electron chi connectivity index (χ3n) is 2.45. The van der Waals surface area contributed by atoms with E-state index >= 15 is 0 Å². The highest BCUT2D eigenvalue weighted by Gasteiger charge is 2.12. The van der Waals surface area contributed by atoms with E-state index in [1.807, 2.05) is 0 Å². The van der Waals surface area contributed by atoms with Crippen LogP contribution in [0.2, 0.25) is 5.15 Å². The summed E-state index contributed by atoms with van der Waals surface area (Å²) in [7, 11) is 0. The highest BCUT2D eigenvalue weighted by Crippen LogP contribution is 2.25.